The van der Waals surface area contributed by atoms with Crippen LogP contribution in [0.1, 0.15) is 11.6 Å². The van der Waals surface area contributed by atoms with E-state index in [4.69, 9.17) is 21.3 Å². The highest BCUT2D eigenvalue weighted by Gasteiger charge is 2.15. The second kappa shape index (κ2) is 3.97. The highest BCUT2D eigenvalue weighted by atomic mass is 16.5. The SMILES string of the molecule is COc1ccc([C@H](N)C(=O)O)cc1N. The molecule has 0 amide bonds. The molecule has 0 saturated carbocycles. The van der Waals surface area contributed by atoms with Crippen LogP contribution in [0, 0.1) is 0 Å². The summed E-state index contributed by atoms with van der Waals surface area (Å²) in [5.74, 6) is -0.582. The van der Waals surface area contributed by atoms with Crippen LogP contribution in [-0.2, 0) is 4.79 Å². The van der Waals surface area contributed by atoms with Crippen molar-refractivity contribution >= 4 is 11.7 Å². The maximum atomic E-state index is 10.6. The number of benzene rings is 1. The van der Waals surface area contributed by atoms with Gasteiger partial charge in [0.05, 0.1) is 12.8 Å². The molecule has 1 aromatic rings. The smallest absolute Gasteiger partial charge is 0.325 e. The van der Waals surface area contributed by atoms with Crippen molar-refractivity contribution in [2.24, 2.45) is 5.73 Å². The van der Waals surface area contributed by atoms with Crippen molar-refractivity contribution in [3.8, 4) is 5.75 Å². The Morgan fingerprint density at radius 2 is 2.21 bits per heavy atom. The number of rotatable bonds is 3. The van der Waals surface area contributed by atoms with E-state index in [0.29, 0.717) is 17.0 Å². The van der Waals surface area contributed by atoms with Crippen molar-refractivity contribution in [1.29, 1.82) is 0 Å². The molecule has 76 valence electrons. The van der Waals surface area contributed by atoms with Crippen LogP contribution in [0.5, 0.6) is 5.75 Å². The van der Waals surface area contributed by atoms with Gasteiger partial charge in [0, 0.05) is 0 Å². The highest BCUT2D eigenvalue weighted by Crippen LogP contribution is 2.24. The molecule has 0 saturated heterocycles. The number of methoxy groups -OCH3 is 1. The molecule has 5 N–H and O–H groups in total. The lowest BCUT2D eigenvalue weighted by atomic mass is 10.1. The first kappa shape index (κ1) is 10.3. The summed E-state index contributed by atoms with van der Waals surface area (Å²) in [5, 5.41) is 8.66. The molecule has 0 aliphatic heterocycles. The lowest BCUT2D eigenvalue weighted by Crippen LogP contribution is -2.20. The fourth-order valence-corrected chi connectivity index (χ4v) is 1.09. The minimum atomic E-state index is -1.09. The Bertz CT molecular complexity index is 352. The van der Waals surface area contributed by atoms with Crippen LogP contribution < -0.4 is 16.2 Å². The van der Waals surface area contributed by atoms with Gasteiger partial charge in [-0.2, -0.15) is 0 Å². The number of nitrogens with two attached hydrogens (primary N) is 2. The van der Waals surface area contributed by atoms with E-state index in [-0.39, 0.29) is 0 Å². The van der Waals surface area contributed by atoms with E-state index in [1.165, 1.54) is 13.2 Å². The molecule has 0 bridgehead atoms. The number of ether oxygens (including phenoxy) is 1. The molecular formula is C9H12N2O3. The zero-order chi connectivity index (χ0) is 10.7. The summed E-state index contributed by atoms with van der Waals surface area (Å²) in [5.41, 5.74) is 11.8. The highest BCUT2D eigenvalue weighted by molar-refractivity contribution is 5.76. The van der Waals surface area contributed by atoms with Crippen molar-refractivity contribution < 1.29 is 14.6 Å². The third-order valence-electron chi connectivity index (χ3n) is 1.88. The number of carboxylic acid groups (broad SMARTS) is 1. The first-order valence-electron chi connectivity index (χ1n) is 3.98. The third-order valence-corrected chi connectivity index (χ3v) is 1.88. The van der Waals surface area contributed by atoms with E-state index in [0.717, 1.165) is 0 Å². The molecule has 1 rings (SSSR count). The predicted octanol–water partition coefficient (Wildman–Crippen LogP) is 0.362. The Balaban J connectivity index is 3.02. The van der Waals surface area contributed by atoms with E-state index in [9.17, 15) is 4.79 Å². The number of hydrogen-bond acceptors (Lipinski definition) is 4. The molecule has 5 heteroatoms. The summed E-state index contributed by atoms with van der Waals surface area (Å²) in [7, 11) is 1.49. The maximum absolute atomic E-state index is 10.6. The summed E-state index contributed by atoms with van der Waals surface area (Å²) in [4.78, 5) is 10.6. The summed E-state index contributed by atoms with van der Waals surface area (Å²) in [6, 6.07) is 3.61. The molecule has 0 aliphatic carbocycles. The van der Waals surface area contributed by atoms with Crippen LogP contribution in [0.3, 0.4) is 0 Å². The first-order chi connectivity index (χ1) is 6.56. The average Bonchev–Trinajstić information content (AvgIpc) is 2.16. The molecule has 5 nitrogen and oxygen atoms in total. The van der Waals surface area contributed by atoms with E-state index in [1.54, 1.807) is 12.1 Å². The second-order valence-corrected chi connectivity index (χ2v) is 2.82. The van der Waals surface area contributed by atoms with Gasteiger partial charge in [-0.1, -0.05) is 6.07 Å². The van der Waals surface area contributed by atoms with Crippen molar-refractivity contribution in [3.05, 3.63) is 23.8 Å². The molecule has 14 heavy (non-hydrogen) atoms. The molecular weight excluding hydrogens is 184 g/mol. The molecule has 0 unspecified atom stereocenters. The lowest BCUT2D eigenvalue weighted by molar-refractivity contribution is -0.138. The average molecular weight is 196 g/mol. The zero-order valence-corrected chi connectivity index (χ0v) is 7.73. The van der Waals surface area contributed by atoms with Gasteiger partial charge < -0.3 is 21.3 Å². The molecule has 0 fully saturated rings. The molecule has 0 aromatic heterocycles. The first-order valence-corrected chi connectivity index (χ1v) is 3.98. The fourth-order valence-electron chi connectivity index (χ4n) is 1.09. The Kier molecular flexibility index (Phi) is 2.93. The van der Waals surface area contributed by atoms with Crippen LogP contribution >= 0.6 is 0 Å². The summed E-state index contributed by atoms with van der Waals surface area (Å²) < 4.78 is 4.93. The Hall–Kier alpha value is -1.75. The van der Waals surface area contributed by atoms with Crippen molar-refractivity contribution in [2.45, 2.75) is 6.04 Å². The van der Waals surface area contributed by atoms with E-state index < -0.39 is 12.0 Å². The standard InChI is InChI=1S/C9H12N2O3/c1-14-7-3-2-5(4-6(7)10)8(11)9(12)13/h2-4,8H,10-11H2,1H3,(H,12,13)/t8-/m0/s1. The van der Waals surface area contributed by atoms with Gasteiger partial charge in [-0.25, -0.2) is 0 Å². The van der Waals surface area contributed by atoms with Gasteiger partial charge in [-0.15, -0.1) is 0 Å². The summed E-state index contributed by atoms with van der Waals surface area (Å²) in [6.07, 6.45) is 0. The Morgan fingerprint density at radius 1 is 1.57 bits per heavy atom. The molecule has 0 spiro atoms. The quantitative estimate of drug-likeness (QED) is 0.606. The van der Waals surface area contributed by atoms with Gasteiger partial charge in [0.2, 0.25) is 0 Å². The van der Waals surface area contributed by atoms with E-state index in [2.05, 4.69) is 0 Å². The number of aliphatic carboxylic acids is 1. The molecule has 0 radical (unpaired) electrons. The number of hydrogen-bond donors (Lipinski definition) is 3. The van der Waals surface area contributed by atoms with Crippen LogP contribution in [0.2, 0.25) is 0 Å². The normalized spacial score (nSPS) is 12.1. The number of nitrogen functional groups attached to an aromatic ring is 1. The topological polar surface area (TPSA) is 98.6 Å². The maximum Gasteiger partial charge on any atom is 0.325 e. The number of carboxylic acids is 1. The van der Waals surface area contributed by atoms with Gasteiger partial charge in [0.1, 0.15) is 11.8 Å². The van der Waals surface area contributed by atoms with Gasteiger partial charge in [-0.05, 0) is 17.7 Å². The monoisotopic (exact) mass is 196 g/mol. The fraction of sp³-hybridized carbons (Fsp3) is 0.222. The lowest BCUT2D eigenvalue weighted by Gasteiger charge is -2.09. The van der Waals surface area contributed by atoms with Crippen molar-refractivity contribution in [1.82, 2.24) is 0 Å². The largest absolute Gasteiger partial charge is 0.495 e. The van der Waals surface area contributed by atoms with E-state index >= 15 is 0 Å². The van der Waals surface area contributed by atoms with Crippen LogP contribution in [0.15, 0.2) is 18.2 Å². The third kappa shape index (κ3) is 1.94. The second-order valence-electron chi connectivity index (χ2n) is 2.82. The van der Waals surface area contributed by atoms with Crippen molar-refractivity contribution in [2.75, 3.05) is 12.8 Å². The molecule has 1 atom stereocenters. The zero-order valence-electron chi connectivity index (χ0n) is 7.73. The van der Waals surface area contributed by atoms with Crippen LogP contribution in [0.25, 0.3) is 0 Å². The summed E-state index contributed by atoms with van der Waals surface area (Å²) >= 11 is 0. The minimum absolute atomic E-state index is 0.377. The predicted molar refractivity (Wildman–Crippen MR) is 52.0 cm³/mol. The molecule has 1 aromatic carbocycles. The van der Waals surface area contributed by atoms with Gasteiger partial charge in [0.25, 0.3) is 0 Å². The minimum Gasteiger partial charge on any atom is -0.495 e. The van der Waals surface area contributed by atoms with Gasteiger partial charge in [-0.3, -0.25) is 4.79 Å². The Morgan fingerprint density at radius 3 is 2.64 bits per heavy atom. The number of anilines is 1. The summed E-state index contributed by atoms with van der Waals surface area (Å²) in [6.45, 7) is 0. The number of carbonyl (C=O) groups is 1. The van der Waals surface area contributed by atoms with Gasteiger partial charge in [0.15, 0.2) is 0 Å². The van der Waals surface area contributed by atoms with Gasteiger partial charge >= 0.3 is 5.97 Å². The van der Waals surface area contributed by atoms with Crippen LogP contribution in [-0.4, -0.2) is 18.2 Å². The Labute approximate surface area is 81.3 Å². The van der Waals surface area contributed by atoms with E-state index in [1.807, 2.05) is 0 Å². The molecule has 0 heterocycles. The van der Waals surface area contributed by atoms with Crippen LogP contribution in [0.4, 0.5) is 5.69 Å². The molecule has 0 aliphatic rings. The van der Waals surface area contributed by atoms with Crippen molar-refractivity contribution in [3.63, 3.8) is 0 Å².